The third kappa shape index (κ3) is 2.82. The molecule has 0 aromatic heterocycles. The van der Waals surface area contributed by atoms with Crippen molar-refractivity contribution in [2.45, 2.75) is 37.8 Å². The molecule has 2 aromatic rings. The van der Waals surface area contributed by atoms with Gasteiger partial charge in [-0.2, -0.15) is 0 Å². The zero-order valence-electron chi connectivity index (χ0n) is 15.8. The molecule has 0 spiro atoms. The third-order valence-corrected chi connectivity index (χ3v) is 5.97. The van der Waals surface area contributed by atoms with E-state index in [4.69, 9.17) is 0 Å². The summed E-state index contributed by atoms with van der Waals surface area (Å²) in [4.78, 5) is 29.4. The predicted molar refractivity (Wildman–Crippen MR) is 104 cm³/mol. The molecule has 1 aliphatic carbocycles. The van der Waals surface area contributed by atoms with Crippen LogP contribution < -0.4 is 5.32 Å². The second-order valence-electron chi connectivity index (χ2n) is 7.44. The van der Waals surface area contributed by atoms with E-state index in [9.17, 15) is 9.59 Å². The first-order valence-corrected chi connectivity index (χ1v) is 9.54. The summed E-state index contributed by atoms with van der Waals surface area (Å²) in [7, 11) is 1.99. The van der Waals surface area contributed by atoms with E-state index in [1.54, 1.807) is 0 Å². The smallest absolute Gasteiger partial charge is 0.319 e. The number of imide groups is 1. The first-order chi connectivity index (χ1) is 13.1. The fourth-order valence-corrected chi connectivity index (χ4v) is 4.43. The van der Waals surface area contributed by atoms with Gasteiger partial charge in [-0.05, 0) is 43.0 Å². The van der Waals surface area contributed by atoms with Gasteiger partial charge < -0.3 is 5.32 Å². The van der Waals surface area contributed by atoms with Gasteiger partial charge in [-0.1, -0.05) is 61.5 Å². The average molecular weight is 363 g/mol. The van der Waals surface area contributed by atoms with Crippen molar-refractivity contribution in [2.75, 3.05) is 13.7 Å². The van der Waals surface area contributed by atoms with Crippen LogP contribution in [0.5, 0.6) is 0 Å². The predicted octanol–water partition coefficient (Wildman–Crippen LogP) is 3.42. The molecule has 4 rings (SSSR count). The van der Waals surface area contributed by atoms with Crippen molar-refractivity contribution < 1.29 is 9.59 Å². The molecule has 0 saturated carbocycles. The maximum Gasteiger partial charge on any atom is 0.326 e. The molecule has 1 heterocycles. The molecule has 0 bridgehead atoms. The Morgan fingerprint density at radius 1 is 1.11 bits per heavy atom. The Kier molecular flexibility index (Phi) is 4.48. The minimum absolute atomic E-state index is 0.167. The Hall–Kier alpha value is -2.66. The third-order valence-electron chi connectivity index (χ3n) is 5.97. The molecule has 0 radical (unpaired) electrons. The van der Waals surface area contributed by atoms with Gasteiger partial charge in [0.05, 0.1) is 6.67 Å². The summed E-state index contributed by atoms with van der Waals surface area (Å²) in [5.41, 5.74) is 2.53. The number of benzene rings is 2. The second-order valence-corrected chi connectivity index (χ2v) is 7.44. The molecule has 1 N–H and O–H groups in total. The Labute approximate surface area is 160 Å². The van der Waals surface area contributed by atoms with E-state index in [1.807, 2.05) is 44.3 Å². The molecular weight excluding hydrogens is 338 g/mol. The van der Waals surface area contributed by atoms with Crippen molar-refractivity contribution in [3.05, 3.63) is 71.3 Å². The standard InChI is InChI=1S/C22H25N3O2/c1-3-22(17-10-5-4-6-11-17)20(26)25(21(27)23-22)15-24(2)19-14-13-16-9-7-8-12-18(16)19/h4-12,19H,3,13-15H2,1-2H3,(H,23,27). The van der Waals surface area contributed by atoms with E-state index in [0.29, 0.717) is 6.42 Å². The van der Waals surface area contributed by atoms with E-state index in [2.05, 4.69) is 34.5 Å². The Bertz CT molecular complexity index is 867. The molecule has 1 saturated heterocycles. The molecule has 2 aromatic carbocycles. The number of carbonyl (C=O) groups excluding carboxylic acids is 2. The fraction of sp³-hybridized carbons (Fsp3) is 0.364. The monoisotopic (exact) mass is 363 g/mol. The largest absolute Gasteiger partial charge is 0.326 e. The van der Waals surface area contributed by atoms with E-state index < -0.39 is 5.54 Å². The molecule has 27 heavy (non-hydrogen) atoms. The first kappa shape index (κ1) is 17.7. The molecule has 1 aliphatic heterocycles. The van der Waals surface area contributed by atoms with E-state index in [0.717, 1.165) is 18.4 Å². The van der Waals surface area contributed by atoms with Gasteiger partial charge in [-0.25, -0.2) is 9.69 Å². The number of aryl methyl sites for hydroxylation is 1. The number of hydrogen-bond donors (Lipinski definition) is 1. The molecule has 1 fully saturated rings. The second kappa shape index (κ2) is 6.82. The van der Waals surface area contributed by atoms with Crippen LogP contribution in [0.4, 0.5) is 4.79 Å². The molecule has 2 aliphatic rings. The number of urea groups is 1. The summed E-state index contributed by atoms with van der Waals surface area (Å²) in [5, 5.41) is 2.96. The minimum atomic E-state index is -0.966. The summed E-state index contributed by atoms with van der Waals surface area (Å²) >= 11 is 0. The lowest BCUT2D eigenvalue weighted by Gasteiger charge is -2.30. The Morgan fingerprint density at radius 3 is 2.56 bits per heavy atom. The maximum atomic E-state index is 13.3. The zero-order chi connectivity index (χ0) is 19.0. The number of carbonyl (C=O) groups is 2. The van der Waals surface area contributed by atoms with E-state index >= 15 is 0 Å². The van der Waals surface area contributed by atoms with Crippen molar-refractivity contribution in [3.8, 4) is 0 Å². The number of fused-ring (bicyclic) bond motifs is 1. The van der Waals surface area contributed by atoms with Gasteiger partial charge in [-0.3, -0.25) is 9.69 Å². The maximum absolute atomic E-state index is 13.3. The lowest BCUT2D eigenvalue weighted by atomic mass is 9.87. The quantitative estimate of drug-likeness (QED) is 0.828. The average Bonchev–Trinajstić information content (AvgIpc) is 3.23. The highest BCUT2D eigenvalue weighted by atomic mass is 16.2. The van der Waals surface area contributed by atoms with Crippen molar-refractivity contribution >= 4 is 11.9 Å². The van der Waals surface area contributed by atoms with Crippen LogP contribution >= 0.6 is 0 Å². The van der Waals surface area contributed by atoms with Crippen LogP contribution in [-0.4, -0.2) is 35.5 Å². The highest BCUT2D eigenvalue weighted by Gasteiger charge is 2.51. The van der Waals surface area contributed by atoms with Crippen LogP contribution in [0.1, 0.15) is 42.5 Å². The number of hydrogen-bond acceptors (Lipinski definition) is 3. The van der Waals surface area contributed by atoms with Crippen LogP contribution in [0.2, 0.25) is 0 Å². The molecule has 5 heteroatoms. The van der Waals surface area contributed by atoms with Gasteiger partial charge in [-0.15, -0.1) is 0 Å². The lowest BCUT2D eigenvalue weighted by Crippen LogP contribution is -2.45. The van der Waals surface area contributed by atoms with Crippen LogP contribution in [-0.2, 0) is 16.8 Å². The van der Waals surface area contributed by atoms with Gasteiger partial charge >= 0.3 is 6.03 Å². The molecule has 2 unspecified atom stereocenters. The lowest BCUT2D eigenvalue weighted by molar-refractivity contribution is -0.133. The normalized spacial score (nSPS) is 24.4. The van der Waals surface area contributed by atoms with Gasteiger partial charge in [0, 0.05) is 6.04 Å². The van der Waals surface area contributed by atoms with E-state index in [-0.39, 0.29) is 24.6 Å². The van der Waals surface area contributed by atoms with Gasteiger partial charge in [0.2, 0.25) is 0 Å². The van der Waals surface area contributed by atoms with Crippen molar-refractivity contribution in [2.24, 2.45) is 0 Å². The molecular formula is C22H25N3O2. The van der Waals surface area contributed by atoms with Gasteiger partial charge in [0.1, 0.15) is 5.54 Å². The van der Waals surface area contributed by atoms with Gasteiger partial charge in [0.15, 0.2) is 0 Å². The summed E-state index contributed by atoms with van der Waals surface area (Å²) < 4.78 is 0. The van der Waals surface area contributed by atoms with Crippen LogP contribution in [0.25, 0.3) is 0 Å². The fourth-order valence-electron chi connectivity index (χ4n) is 4.43. The zero-order valence-corrected chi connectivity index (χ0v) is 15.8. The Balaban J connectivity index is 1.57. The molecule has 5 nitrogen and oxygen atoms in total. The molecule has 140 valence electrons. The number of amides is 3. The summed E-state index contributed by atoms with van der Waals surface area (Å²) in [6, 6.07) is 17.9. The number of rotatable bonds is 5. The van der Waals surface area contributed by atoms with Crippen LogP contribution in [0.3, 0.4) is 0 Å². The van der Waals surface area contributed by atoms with E-state index in [1.165, 1.54) is 16.0 Å². The van der Waals surface area contributed by atoms with Crippen LogP contribution in [0, 0.1) is 0 Å². The highest BCUT2D eigenvalue weighted by Crippen LogP contribution is 2.36. The summed E-state index contributed by atoms with van der Waals surface area (Å²) in [6.45, 7) is 2.23. The number of nitrogens with zero attached hydrogens (tertiary/aromatic N) is 2. The Morgan fingerprint density at radius 2 is 1.81 bits per heavy atom. The SMILES string of the molecule is CCC1(c2ccccc2)NC(=O)N(CN(C)C2CCc3ccccc32)C1=O. The highest BCUT2D eigenvalue weighted by molar-refractivity contribution is 6.07. The molecule has 2 atom stereocenters. The van der Waals surface area contributed by atoms with Crippen molar-refractivity contribution in [1.82, 2.24) is 15.1 Å². The van der Waals surface area contributed by atoms with Crippen molar-refractivity contribution in [1.29, 1.82) is 0 Å². The molecule has 3 amide bonds. The number of nitrogens with one attached hydrogen (secondary N) is 1. The first-order valence-electron chi connectivity index (χ1n) is 9.54. The minimum Gasteiger partial charge on any atom is -0.319 e. The summed E-state index contributed by atoms with van der Waals surface area (Å²) in [5.74, 6) is -0.167. The summed E-state index contributed by atoms with van der Waals surface area (Å²) in [6.07, 6.45) is 2.57. The topological polar surface area (TPSA) is 52.7 Å². The van der Waals surface area contributed by atoms with Crippen molar-refractivity contribution in [3.63, 3.8) is 0 Å². The van der Waals surface area contributed by atoms with Gasteiger partial charge in [0.25, 0.3) is 5.91 Å². The van der Waals surface area contributed by atoms with Crippen LogP contribution in [0.15, 0.2) is 54.6 Å².